The van der Waals surface area contributed by atoms with Gasteiger partial charge in [-0.3, -0.25) is 0 Å². The summed E-state index contributed by atoms with van der Waals surface area (Å²) in [5.41, 5.74) is 6.45. The lowest BCUT2D eigenvalue weighted by atomic mass is 10.1. The van der Waals surface area contributed by atoms with E-state index >= 15 is 0 Å². The van der Waals surface area contributed by atoms with Gasteiger partial charge in [-0.2, -0.15) is 0 Å². The second-order valence-corrected chi connectivity index (χ2v) is 3.54. The van der Waals surface area contributed by atoms with Crippen LogP contribution in [0.3, 0.4) is 0 Å². The summed E-state index contributed by atoms with van der Waals surface area (Å²) < 4.78 is 29.2. The number of nitrogens with two attached hydrogens (primary N) is 1. The molecule has 0 spiro atoms. The lowest BCUT2D eigenvalue weighted by molar-refractivity contribution is 0.0804. The van der Waals surface area contributed by atoms with E-state index in [-0.39, 0.29) is 5.88 Å². The van der Waals surface area contributed by atoms with Gasteiger partial charge in [-0.05, 0) is 17.0 Å². The highest BCUT2D eigenvalue weighted by Crippen LogP contribution is 2.26. The molecule has 2 aromatic rings. The maximum atomic E-state index is 12.1. The average Bonchev–Trinajstić information content (AvgIpc) is 2.35. The van der Waals surface area contributed by atoms with Crippen LogP contribution < -0.4 is 10.5 Å². The molecular weight excluding hydrogens is 226 g/mol. The molecule has 2 N–H and O–H groups in total. The lowest BCUT2D eigenvalue weighted by Crippen LogP contribution is -2.09. The molecule has 0 aliphatic heterocycles. The van der Waals surface area contributed by atoms with Crippen molar-refractivity contribution in [2.75, 3.05) is 6.61 Å². The fourth-order valence-corrected chi connectivity index (χ4v) is 1.64. The van der Waals surface area contributed by atoms with Crippen molar-refractivity contribution in [2.24, 2.45) is 5.73 Å². The quantitative estimate of drug-likeness (QED) is 0.889. The van der Waals surface area contributed by atoms with E-state index in [0.717, 1.165) is 10.9 Å². The molecule has 0 radical (unpaired) electrons. The van der Waals surface area contributed by atoms with Gasteiger partial charge in [0.1, 0.15) is 0 Å². The summed E-state index contributed by atoms with van der Waals surface area (Å²) in [4.78, 5) is 4.01. The van der Waals surface area contributed by atoms with E-state index in [9.17, 15) is 8.78 Å². The molecule has 0 atom stereocenters. The second kappa shape index (κ2) is 5.05. The predicted octanol–water partition coefficient (Wildman–Crippen LogP) is 2.34. The molecule has 0 aliphatic rings. The molecule has 0 saturated heterocycles. The Labute approximate surface area is 97.2 Å². The Morgan fingerprint density at radius 1 is 1.24 bits per heavy atom. The van der Waals surface area contributed by atoms with E-state index in [0.29, 0.717) is 11.9 Å². The number of nitrogens with zero attached hydrogens (tertiary/aromatic N) is 1. The Bertz CT molecular complexity index is 517. The number of alkyl halides is 2. The normalized spacial score (nSPS) is 11.1. The number of benzene rings is 1. The van der Waals surface area contributed by atoms with Crippen molar-refractivity contribution in [3.8, 4) is 5.88 Å². The highest BCUT2D eigenvalue weighted by Gasteiger charge is 2.09. The third-order valence-corrected chi connectivity index (χ3v) is 2.41. The second-order valence-electron chi connectivity index (χ2n) is 3.54. The maximum Gasteiger partial charge on any atom is 0.272 e. The molecule has 3 nitrogen and oxygen atoms in total. The standard InChI is InChI=1S/C12H12F2N2O/c13-11(14)7-17-12-10-4-2-1-3-9(10)8(5-15)6-16-12/h1-4,6,11H,5,7,15H2. The Balaban J connectivity index is 2.43. The van der Waals surface area contributed by atoms with Gasteiger partial charge in [0.15, 0.2) is 6.61 Å². The van der Waals surface area contributed by atoms with Crippen LogP contribution in [0.1, 0.15) is 5.56 Å². The number of hydrogen-bond donors (Lipinski definition) is 1. The Morgan fingerprint density at radius 3 is 2.59 bits per heavy atom. The van der Waals surface area contributed by atoms with E-state index in [1.807, 2.05) is 12.1 Å². The van der Waals surface area contributed by atoms with E-state index in [4.69, 9.17) is 10.5 Å². The first kappa shape index (κ1) is 11.7. The minimum atomic E-state index is -2.51. The van der Waals surface area contributed by atoms with E-state index in [1.165, 1.54) is 0 Å². The van der Waals surface area contributed by atoms with Gasteiger partial charge in [0.05, 0.1) is 0 Å². The molecule has 0 bridgehead atoms. The highest BCUT2D eigenvalue weighted by atomic mass is 19.3. The number of aromatic nitrogens is 1. The van der Waals surface area contributed by atoms with Crippen molar-refractivity contribution in [3.63, 3.8) is 0 Å². The van der Waals surface area contributed by atoms with Gasteiger partial charge in [0.2, 0.25) is 5.88 Å². The van der Waals surface area contributed by atoms with Crippen molar-refractivity contribution in [1.29, 1.82) is 0 Å². The monoisotopic (exact) mass is 238 g/mol. The Morgan fingerprint density at radius 2 is 1.94 bits per heavy atom. The zero-order valence-electron chi connectivity index (χ0n) is 9.07. The van der Waals surface area contributed by atoms with Gasteiger partial charge in [0.25, 0.3) is 6.43 Å². The molecule has 90 valence electrons. The third kappa shape index (κ3) is 2.50. The summed E-state index contributed by atoms with van der Waals surface area (Å²) in [7, 11) is 0. The summed E-state index contributed by atoms with van der Waals surface area (Å²) in [6, 6.07) is 7.31. The van der Waals surface area contributed by atoms with Gasteiger partial charge < -0.3 is 10.5 Å². The first-order valence-corrected chi connectivity index (χ1v) is 5.20. The largest absolute Gasteiger partial charge is 0.471 e. The summed E-state index contributed by atoms with van der Waals surface area (Å²) in [6.07, 6.45) is -0.951. The fourth-order valence-electron chi connectivity index (χ4n) is 1.64. The summed E-state index contributed by atoms with van der Waals surface area (Å²) >= 11 is 0. The molecule has 0 saturated carbocycles. The van der Waals surface area contributed by atoms with Crippen molar-refractivity contribution >= 4 is 10.8 Å². The Hall–Kier alpha value is -1.75. The van der Waals surface area contributed by atoms with Crippen LogP contribution in [0.4, 0.5) is 8.78 Å². The lowest BCUT2D eigenvalue weighted by Gasteiger charge is -2.10. The molecule has 1 aromatic heterocycles. The minimum absolute atomic E-state index is 0.220. The summed E-state index contributed by atoms with van der Waals surface area (Å²) in [5.74, 6) is 0.220. The number of halogens is 2. The third-order valence-electron chi connectivity index (χ3n) is 2.41. The molecule has 17 heavy (non-hydrogen) atoms. The van der Waals surface area contributed by atoms with Crippen LogP contribution in [0.25, 0.3) is 10.8 Å². The van der Waals surface area contributed by atoms with Crippen molar-refractivity contribution in [1.82, 2.24) is 4.98 Å². The molecule has 0 fully saturated rings. The van der Waals surface area contributed by atoms with Gasteiger partial charge >= 0.3 is 0 Å². The van der Waals surface area contributed by atoms with Gasteiger partial charge in [-0.15, -0.1) is 0 Å². The van der Waals surface area contributed by atoms with E-state index < -0.39 is 13.0 Å². The predicted molar refractivity (Wildman–Crippen MR) is 61.1 cm³/mol. The van der Waals surface area contributed by atoms with Crippen LogP contribution in [0.5, 0.6) is 5.88 Å². The van der Waals surface area contributed by atoms with E-state index in [1.54, 1.807) is 18.3 Å². The van der Waals surface area contributed by atoms with Crippen molar-refractivity contribution < 1.29 is 13.5 Å². The number of ether oxygens (including phenoxy) is 1. The van der Waals surface area contributed by atoms with Crippen LogP contribution in [-0.4, -0.2) is 18.0 Å². The SMILES string of the molecule is NCc1cnc(OCC(F)F)c2ccccc12. The zero-order valence-corrected chi connectivity index (χ0v) is 9.07. The molecule has 2 rings (SSSR count). The molecule has 0 amide bonds. The highest BCUT2D eigenvalue weighted by molar-refractivity contribution is 5.89. The minimum Gasteiger partial charge on any atom is -0.471 e. The maximum absolute atomic E-state index is 12.1. The van der Waals surface area contributed by atoms with Crippen LogP contribution in [0.15, 0.2) is 30.5 Å². The molecule has 1 heterocycles. The molecule has 1 aromatic carbocycles. The number of fused-ring (bicyclic) bond motifs is 1. The number of hydrogen-bond acceptors (Lipinski definition) is 3. The zero-order chi connectivity index (χ0) is 12.3. The fraction of sp³-hybridized carbons (Fsp3) is 0.250. The number of pyridine rings is 1. The first-order chi connectivity index (χ1) is 8.22. The molecule has 5 heteroatoms. The van der Waals surface area contributed by atoms with Crippen LogP contribution in [0.2, 0.25) is 0 Å². The Kier molecular flexibility index (Phi) is 3.49. The van der Waals surface area contributed by atoms with Crippen molar-refractivity contribution in [2.45, 2.75) is 13.0 Å². The van der Waals surface area contributed by atoms with E-state index in [2.05, 4.69) is 4.98 Å². The first-order valence-electron chi connectivity index (χ1n) is 5.20. The van der Waals surface area contributed by atoms with Crippen LogP contribution in [0, 0.1) is 0 Å². The van der Waals surface area contributed by atoms with Crippen LogP contribution >= 0.6 is 0 Å². The summed E-state index contributed by atoms with van der Waals surface area (Å²) in [6.45, 7) is -0.304. The summed E-state index contributed by atoms with van der Waals surface area (Å²) in [5, 5.41) is 1.59. The van der Waals surface area contributed by atoms with Crippen molar-refractivity contribution in [3.05, 3.63) is 36.0 Å². The number of rotatable bonds is 4. The molecular formula is C12H12F2N2O. The van der Waals surface area contributed by atoms with Gasteiger partial charge in [-0.1, -0.05) is 18.2 Å². The molecule has 0 unspecified atom stereocenters. The van der Waals surface area contributed by atoms with Gasteiger partial charge in [-0.25, -0.2) is 13.8 Å². The molecule has 0 aliphatic carbocycles. The smallest absolute Gasteiger partial charge is 0.272 e. The van der Waals surface area contributed by atoms with Gasteiger partial charge in [0, 0.05) is 18.1 Å². The van der Waals surface area contributed by atoms with Crippen LogP contribution in [-0.2, 0) is 6.54 Å². The topological polar surface area (TPSA) is 48.1 Å². The average molecular weight is 238 g/mol.